The maximum absolute atomic E-state index is 12.8. The second-order valence-electron chi connectivity index (χ2n) is 5.49. The number of benzene rings is 1. The van der Waals surface area contributed by atoms with Crippen LogP contribution >= 0.6 is 0 Å². The molecule has 0 aliphatic carbocycles. The summed E-state index contributed by atoms with van der Waals surface area (Å²) in [7, 11) is 0. The third kappa shape index (κ3) is 2.28. The summed E-state index contributed by atoms with van der Waals surface area (Å²) >= 11 is 0. The molecule has 3 nitrogen and oxygen atoms in total. The van der Waals surface area contributed by atoms with Gasteiger partial charge in [-0.05, 0) is 24.1 Å². The highest BCUT2D eigenvalue weighted by Gasteiger charge is 2.49. The Morgan fingerprint density at radius 3 is 2.17 bits per heavy atom. The molecule has 0 spiro atoms. The average Bonchev–Trinajstić information content (AvgIpc) is 2.40. The number of hydrogen-bond donors (Lipinski definition) is 0. The highest BCUT2D eigenvalue weighted by Crippen LogP contribution is 2.40. The molecule has 3 aliphatic rings. The molecule has 0 atom stereocenters. The van der Waals surface area contributed by atoms with Gasteiger partial charge in [0.2, 0.25) is 0 Å². The van der Waals surface area contributed by atoms with Crippen molar-refractivity contribution in [2.75, 3.05) is 19.8 Å². The average molecular weight is 252 g/mol. The van der Waals surface area contributed by atoms with Crippen LogP contribution in [0.5, 0.6) is 0 Å². The Balaban J connectivity index is 1.62. The van der Waals surface area contributed by atoms with Gasteiger partial charge in [0, 0.05) is 11.8 Å². The Kier molecular flexibility index (Phi) is 2.88. The molecule has 1 aromatic carbocycles. The summed E-state index contributed by atoms with van der Waals surface area (Å²) < 4.78 is 29.9. The first-order valence-electron chi connectivity index (χ1n) is 6.26. The Morgan fingerprint density at radius 1 is 1.06 bits per heavy atom. The summed E-state index contributed by atoms with van der Waals surface area (Å²) in [5.74, 6) is -1.10. The molecular weight excluding hydrogens is 235 g/mol. The maximum Gasteiger partial charge on any atom is 0.283 e. The topological polar surface area (TPSA) is 27.7 Å². The van der Waals surface area contributed by atoms with E-state index in [4.69, 9.17) is 14.2 Å². The Labute approximate surface area is 106 Å². The number of halogens is 1. The van der Waals surface area contributed by atoms with Crippen LogP contribution in [0.2, 0.25) is 0 Å². The summed E-state index contributed by atoms with van der Waals surface area (Å²) in [4.78, 5) is 0. The number of ether oxygens (including phenoxy) is 3. The first-order valence-corrected chi connectivity index (χ1v) is 6.26. The molecule has 0 unspecified atom stereocenters. The standard InChI is InChI=1S/C14H17FO3/c1-13-8-16-14(17-9-13,18-10-13)7-6-11-2-4-12(15)5-3-11/h2-5H,6-10H2,1H3. The molecule has 0 radical (unpaired) electrons. The zero-order chi connectivity index (χ0) is 12.6. The lowest BCUT2D eigenvalue weighted by Crippen LogP contribution is -2.59. The van der Waals surface area contributed by atoms with Crippen molar-refractivity contribution in [1.82, 2.24) is 0 Å². The summed E-state index contributed by atoms with van der Waals surface area (Å²) in [5.41, 5.74) is 1.05. The molecule has 3 heterocycles. The molecule has 0 aromatic heterocycles. The van der Waals surface area contributed by atoms with Gasteiger partial charge in [-0.25, -0.2) is 4.39 Å². The van der Waals surface area contributed by atoms with Gasteiger partial charge in [0.15, 0.2) is 0 Å². The van der Waals surface area contributed by atoms with E-state index in [1.54, 1.807) is 12.1 Å². The van der Waals surface area contributed by atoms with Gasteiger partial charge in [-0.1, -0.05) is 19.1 Å². The highest BCUT2D eigenvalue weighted by atomic mass is 19.1. The van der Waals surface area contributed by atoms with Crippen LogP contribution in [0.15, 0.2) is 24.3 Å². The van der Waals surface area contributed by atoms with Gasteiger partial charge in [-0.2, -0.15) is 0 Å². The van der Waals surface area contributed by atoms with Crippen molar-refractivity contribution in [3.63, 3.8) is 0 Å². The van der Waals surface area contributed by atoms with Gasteiger partial charge in [0.05, 0.1) is 19.8 Å². The third-order valence-corrected chi connectivity index (χ3v) is 3.55. The highest BCUT2D eigenvalue weighted by molar-refractivity contribution is 5.16. The van der Waals surface area contributed by atoms with Crippen molar-refractivity contribution in [1.29, 1.82) is 0 Å². The van der Waals surface area contributed by atoms with E-state index < -0.39 is 5.97 Å². The molecule has 2 bridgehead atoms. The van der Waals surface area contributed by atoms with E-state index in [1.165, 1.54) is 12.1 Å². The van der Waals surface area contributed by atoms with Gasteiger partial charge in [-0.15, -0.1) is 0 Å². The molecule has 3 saturated heterocycles. The van der Waals surface area contributed by atoms with Gasteiger partial charge >= 0.3 is 0 Å². The summed E-state index contributed by atoms with van der Waals surface area (Å²) in [6.45, 7) is 4.12. The van der Waals surface area contributed by atoms with Crippen LogP contribution in [0.1, 0.15) is 18.9 Å². The van der Waals surface area contributed by atoms with Gasteiger partial charge in [-0.3, -0.25) is 0 Å². The molecule has 0 amide bonds. The van der Waals surface area contributed by atoms with E-state index in [9.17, 15) is 4.39 Å². The SMILES string of the molecule is CC12COC(CCc3ccc(F)cc3)(OC1)OC2. The van der Waals surface area contributed by atoms with Crippen LogP contribution in [0.4, 0.5) is 4.39 Å². The zero-order valence-electron chi connectivity index (χ0n) is 10.4. The molecule has 4 rings (SSSR count). The Bertz CT molecular complexity index is 405. The van der Waals surface area contributed by atoms with Crippen LogP contribution < -0.4 is 0 Å². The van der Waals surface area contributed by atoms with Crippen molar-refractivity contribution >= 4 is 0 Å². The minimum absolute atomic E-state index is 0.00236. The smallest absolute Gasteiger partial charge is 0.283 e. The fourth-order valence-electron chi connectivity index (χ4n) is 2.27. The van der Waals surface area contributed by atoms with Crippen LogP contribution in [0.3, 0.4) is 0 Å². The van der Waals surface area contributed by atoms with Crippen molar-refractivity contribution in [2.24, 2.45) is 5.41 Å². The first kappa shape index (κ1) is 12.1. The van der Waals surface area contributed by atoms with Crippen molar-refractivity contribution in [3.05, 3.63) is 35.6 Å². The van der Waals surface area contributed by atoms with E-state index in [2.05, 4.69) is 6.92 Å². The number of fused-ring (bicyclic) bond motifs is 3. The molecular formula is C14H17FO3. The second kappa shape index (κ2) is 4.30. The summed E-state index contributed by atoms with van der Waals surface area (Å²) in [5, 5.41) is 0. The second-order valence-corrected chi connectivity index (χ2v) is 5.49. The van der Waals surface area contributed by atoms with Gasteiger partial charge in [0.25, 0.3) is 5.97 Å². The predicted octanol–water partition coefficient (Wildman–Crippen LogP) is 2.50. The monoisotopic (exact) mass is 252 g/mol. The largest absolute Gasteiger partial charge is 0.327 e. The van der Waals surface area contributed by atoms with E-state index in [-0.39, 0.29) is 11.2 Å². The molecule has 3 fully saturated rings. The van der Waals surface area contributed by atoms with Crippen molar-refractivity contribution in [2.45, 2.75) is 25.7 Å². The minimum Gasteiger partial charge on any atom is -0.327 e. The molecule has 0 N–H and O–H groups in total. The third-order valence-electron chi connectivity index (χ3n) is 3.55. The van der Waals surface area contributed by atoms with Gasteiger partial charge in [0.1, 0.15) is 5.82 Å². The molecule has 18 heavy (non-hydrogen) atoms. The van der Waals surface area contributed by atoms with Gasteiger partial charge < -0.3 is 14.2 Å². The van der Waals surface area contributed by atoms with E-state index >= 15 is 0 Å². The van der Waals surface area contributed by atoms with Crippen molar-refractivity contribution in [3.8, 4) is 0 Å². The molecule has 3 aliphatic heterocycles. The van der Waals surface area contributed by atoms with Crippen molar-refractivity contribution < 1.29 is 18.6 Å². The summed E-state index contributed by atoms with van der Waals surface area (Å²) in [6.07, 6.45) is 1.38. The van der Waals surface area contributed by atoms with Crippen LogP contribution in [0, 0.1) is 11.2 Å². The lowest BCUT2D eigenvalue weighted by molar-refractivity contribution is -0.467. The molecule has 0 saturated carbocycles. The van der Waals surface area contributed by atoms with E-state index in [1.807, 2.05) is 0 Å². The van der Waals surface area contributed by atoms with E-state index in [0.717, 1.165) is 12.0 Å². The fourth-order valence-corrected chi connectivity index (χ4v) is 2.27. The normalized spacial score (nSPS) is 34.8. The Hall–Kier alpha value is -0.970. The molecule has 1 aromatic rings. The van der Waals surface area contributed by atoms with Crippen LogP contribution in [-0.2, 0) is 20.6 Å². The first-order chi connectivity index (χ1) is 8.59. The quantitative estimate of drug-likeness (QED) is 0.827. The lowest BCUT2D eigenvalue weighted by atomic mass is 9.91. The predicted molar refractivity (Wildman–Crippen MR) is 63.4 cm³/mol. The van der Waals surface area contributed by atoms with Crippen LogP contribution in [0.25, 0.3) is 0 Å². The Morgan fingerprint density at radius 2 is 1.61 bits per heavy atom. The minimum atomic E-state index is -0.883. The molecule has 4 heteroatoms. The van der Waals surface area contributed by atoms with E-state index in [0.29, 0.717) is 26.2 Å². The lowest BCUT2D eigenvalue weighted by Gasteiger charge is -2.50. The maximum atomic E-state index is 12.8. The molecule has 98 valence electrons. The van der Waals surface area contributed by atoms with Crippen LogP contribution in [-0.4, -0.2) is 25.8 Å². The number of rotatable bonds is 3. The fraction of sp³-hybridized carbons (Fsp3) is 0.571. The number of hydrogen-bond acceptors (Lipinski definition) is 3. The zero-order valence-corrected chi connectivity index (χ0v) is 10.4. The number of aryl methyl sites for hydroxylation is 1. The summed E-state index contributed by atoms with van der Waals surface area (Å²) in [6, 6.07) is 6.49.